The molecule has 0 saturated heterocycles. The molecule has 1 heterocycles. The Labute approximate surface area is 151 Å². The number of ketones is 1. The second kappa shape index (κ2) is 7.59. The molecule has 140 valence electrons. The first-order valence-electron chi connectivity index (χ1n) is 8.51. The first-order chi connectivity index (χ1) is 12.2. The van der Waals surface area contributed by atoms with Gasteiger partial charge in [-0.3, -0.25) is 9.59 Å². The van der Waals surface area contributed by atoms with Crippen molar-refractivity contribution >= 4 is 28.6 Å². The lowest BCUT2D eigenvalue weighted by Crippen LogP contribution is -2.24. The summed E-state index contributed by atoms with van der Waals surface area (Å²) in [5.74, 6) is -2.45. The van der Waals surface area contributed by atoms with Crippen LogP contribution in [-0.2, 0) is 22.6 Å². The number of aliphatic carboxylic acids is 1. The number of nitrogens with zero attached hydrogens (tertiary/aromatic N) is 1. The van der Waals surface area contributed by atoms with Gasteiger partial charge < -0.3 is 20.1 Å². The van der Waals surface area contributed by atoms with Crippen molar-refractivity contribution in [3.63, 3.8) is 0 Å². The number of aryl methyl sites for hydroxylation is 2. The summed E-state index contributed by atoms with van der Waals surface area (Å²) >= 11 is 0. The van der Waals surface area contributed by atoms with Gasteiger partial charge in [-0.15, -0.1) is 0 Å². The summed E-state index contributed by atoms with van der Waals surface area (Å²) in [6.07, 6.45) is 0.578. The molecule has 3 N–H and O–H groups in total. The summed E-state index contributed by atoms with van der Waals surface area (Å²) in [5, 5.41) is 9.38. The molecule has 0 aliphatic heterocycles. The van der Waals surface area contributed by atoms with Gasteiger partial charge in [0.15, 0.2) is 6.61 Å². The number of Topliss-reactive ketones (excluding diaryl/α,β-unsaturated/α-hetero) is 1. The molecule has 0 aliphatic rings. The van der Waals surface area contributed by atoms with Gasteiger partial charge in [0, 0.05) is 12.2 Å². The third kappa shape index (κ3) is 3.71. The van der Waals surface area contributed by atoms with Crippen LogP contribution in [0.15, 0.2) is 12.1 Å². The van der Waals surface area contributed by atoms with Crippen molar-refractivity contribution < 1.29 is 24.2 Å². The van der Waals surface area contributed by atoms with Crippen LogP contribution in [0.4, 0.5) is 0 Å². The molecule has 26 heavy (non-hydrogen) atoms. The number of carboxylic acid groups (broad SMARTS) is 1. The van der Waals surface area contributed by atoms with E-state index in [0.717, 1.165) is 11.1 Å². The smallest absolute Gasteiger partial charge is 0.341 e. The average Bonchev–Trinajstić information content (AvgIpc) is 2.83. The summed E-state index contributed by atoms with van der Waals surface area (Å²) < 4.78 is 7.40. The first-order valence-corrected chi connectivity index (χ1v) is 8.51. The number of nitrogens with two attached hydrogens (primary N) is 1. The Bertz CT molecular complexity index is 880. The number of carbonyl (C=O) groups is 3. The van der Waals surface area contributed by atoms with Gasteiger partial charge in [-0.2, -0.15) is 0 Å². The normalized spacial score (nSPS) is 11.1. The number of hydrogen-bond donors (Lipinski definition) is 2. The van der Waals surface area contributed by atoms with E-state index in [1.54, 1.807) is 6.07 Å². The molecule has 1 aromatic carbocycles. The Morgan fingerprint density at radius 1 is 1.27 bits per heavy atom. The minimum atomic E-state index is -1.13. The topological polar surface area (TPSA) is 112 Å². The van der Waals surface area contributed by atoms with Crippen molar-refractivity contribution in [3.8, 4) is 5.75 Å². The van der Waals surface area contributed by atoms with Crippen LogP contribution in [0.1, 0.15) is 42.4 Å². The van der Waals surface area contributed by atoms with Gasteiger partial charge in [-0.1, -0.05) is 13.8 Å². The summed E-state index contributed by atoms with van der Waals surface area (Å²) in [7, 11) is 0. The highest BCUT2D eigenvalue weighted by molar-refractivity contribution is 6.45. The number of carbonyl (C=O) groups excluding carboxylic acids is 2. The third-order valence-electron chi connectivity index (χ3n) is 4.10. The van der Waals surface area contributed by atoms with Crippen LogP contribution < -0.4 is 10.5 Å². The van der Waals surface area contributed by atoms with Gasteiger partial charge >= 0.3 is 5.97 Å². The van der Waals surface area contributed by atoms with Crippen molar-refractivity contribution in [2.45, 2.75) is 40.7 Å². The van der Waals surface area contributed by atoms with E-state index in [1.165, 1.54) is 0 Å². The second-order valence-electron chi connectivity index (χ2n) is 6.70. The Balaban J connectivity index is 2.89. The van der Waals surface area contributed by atoms with Crippen LogP contribution in [0.3, 0.4) is 0 Å². The number of rotatable bonds is 8. The van der Waals surface area contributed by atoms with Gasteiger partial charge in [-0.05, 0) is 43.9 Å². The number of aromatic nitrogens is 1. The number of fused-ring (bicyclic) bond motifs is 1. The number of benzene rings is 1. The highest BCUT2D eigenvalue weighted by Crippen LogP contribution is 2.36. The van der Waals surface area contributed by atoms with Gasteiger partial charge in [0.2, 0.25) is 0 Å². The summed E-state index contributed by atoms with van der Waals surface area (Å²) in [6, 6.07) is 3.57. The van der Waals surface area contributed by atoms with Gasteiger partial charge in [0.25, 0.3) is 11.7 Å². The van der Waals surface area contributed by atoms with Crippen LogP contribution in [0.25, 0.3) is 10.9 Å². The molecule has 0 saturated carbocycles. The number of ether oxygens (including phenoxy) is 1. The summed E-state index contributed by atoms with van der Waals surface area (Å²) in [5.41, 5.74) is 7.80. The fourth-order valence-corrected chi connectivity index (χ4v) is 3.20. The quantitative estimate of drug-likeness (QED) is 0.554. The molecule has 1 aromatic heterocycles. The molecule has 0 fully saturated rings. The lowest BCUT2D eigenvalue weighted by Gasteiger charge is -2.11. The van der Waals surface area contributed by atoms with E-state index in [-0.39, 0.29) is 17.2 Å². The minimum Gasteiger partial charge on any atom is -0.481 e. The summed E-state index contributed by atoms with van der Waals surface area (Å²) in [6.45, 7) is 7.89. The molecule has 7 heteroatoms. The van der Waals surface area contributed by atoms with E-state index in [9.17, 15) is 14.4 Å². The maximum atomic E-state index is 12.6. The Morgan fingerprint density at radius 3 is 2.42 bits per heavy atom. The molecule has 0 bridgehead atoms. The zero-order valence-corrected chi connectivity index (χ0v) is 15.5. The average molecular weight is 360 g/mol. The largest absolute Gasteiger partial charge is 0.481 e. The molecule has 7 nitrogen and oxygen atoms in total. The van der Waals surface area contributed by atoms with E-state index in [2.05, 4.69) is 0 Å². The first kappa shape index (κ1) is 19.5. The SMILES string of the molecule is CCn1c(CC(C)C)c(C(=O)C(N)=O)c2c(OCC(=O)O)cc(C)cc21. The van der Waals surface area contributed by atoms with Crippen molar-refractivity contribution in [2.75, 3.05) is 6.61 Å². The highest BCUT2D eigenvalue weighted by atomic mass is 16.5. The van der Waals surface area contributed by atoms with Crippen molar-refractivity contribution in [2.24, 2.45) is 11.7 Å². The highest BCUT2D eigenvalue weighted by Gasteiger charge is 2.28. The van der Waals surface area contributed by atoms with E-state index in [0.29, 0.717) is 24.0 Å². The number of primary amides is 1. The van der Waals surface area contributed by atoms with Crippen molar-refractivity contribution in [1.82, 2.24) is 4.57 Å². The van der Waals surface area contributed by atoms with E-state index in [1.807, 2.05) is 38.3 Å². The van der Waals surface area contributed by atoms with Gasteiger partial charge in [0.1, 0.15) is 5.75 Å². The molecule has 0 atom stereocenters. The molecule has 0 aliphatic carbocycles. The maximum absolute atomic E-state index is 12.6. The Morgan fingerprint density at radius 2 is 1.92 bits per heavy atom. The molecule has 0 radical (unpaired) electrons. The number of hydrogen-bond acceptors (Lipinski definition) is 4. The molecular formula is C19H24N2O5. The molecule has 0 unspecified atom stereocenters. The molecule has 0 spiro atoms. The van der Waals surface area contributed by atoms with Crippen molar-refractivity contribution in [1.29, 1.82) is 0 Å². The lowest BCUT2D eigenvalue weighted by molar-refractivity contribution is -0.139. The lowest BCUT2D eigenvalue weighted by atomic mass is 9.99. The van der Waals surface area contributed by atoms with Gasteiger partial charge in [-0.25, -0.2) is 4.79 Å². The molecular weight excluding hydrogens is 336 g/mol. The Kier molecular flexibility index (Phi) is 5.69. The molecule has 2 aromatic rings. The predicted molar refractivity (Wildman–Crippen MR) is 97.5 cm³/mol. The molecule has 1 amide bonds. The van der Waals surface area contributed by atoms with Crippen LogP contribution in [0.5, 0.6) is 5.75 Å². The third-order valence-corrected chi connectivity index (χ3v) is 4.10. The number of amides is 1. The fourth-order valence-electron chi connectivity index (χ4n) is 3.20. The van der Waals surface area contributed by atoms with E-state index >= 15 is 0 Å². The molecule has 2 rings (SSSR count). The van der Waals surface area contributed by atoms with E-state index < -0.39 is 24.3 Å². The minimum absolute atomic E-state index is 0.212. The fraction of sp³-hybridized carbons (Fsp3) is 0.421. The van der Waals surface area contributed by atoms with Crippen LogP contribution in [0.2, 0.25) is 0 Å². The summed E-state index contributed by atoms with van der Waals surface area (Å²) in [4.78, 5) is 35.2. The van der Waals surface area contributed by atoms with Gasteiger partial charge in [0.05, 0.1) is 16.5 Å². The Hall–Kier alpha value is -2.83. The van der Waals surface area contributed by atoms with Crippen LogP contribution in [-0.4, -0.2) is 33.9 Å². The number of carboxylic acids is 1. The maximum Gasteiger partial charge on any atom is 0.341 e. The second-order valence-corrected chi connectivity index (χ2v) is 6.70. The van der Waals surface area contributed by atoms with E-state index in [4.69, 9.17) is 15.6 Å². The predicted octanol–water partition coefficient (Wildman–Crippen LogP) is 2.30. The zero-order valence-electron chi connectivity index (χ0n) is 15.5. The zero-order chi connectivity index (χ0) is 19.6. The van der Waals surface area contributed by atoms with Crippen molar-refractivity contribution in [3.05, 3.63) is 29.0 Å². The monoisotopic (exact) mass is 360 g/mol. The standard InChI is InChI=1S/C19H24N2O5/c1-5-21-12(6-10(2)3)17(18(24)19(20)25)16-13(21)7-11(4)8-14(16)26-9-15(22)23/h7-8,10H,5-6,9H2,1-4H3,(H2,20,25)(H,22,23). The van der Waals surface area contributed by atoms with Crippen LogP contribution >= 0.6 is 0 Å². The van der Waals surface area contributed by atoms with Crippen LogP contribution in [0, 0.1) is 12.8 Å².